The van der Waals surface area contributed by atoms with Gasteiger partial charge in [0.15, 0.2) is 0 Å². The van der Waals surface area contributed by atoms with E-state index in [2.05, 4.69) is 29.0 Å². The van der Waals surface area contributed by atoms with Gasteiger partial charge in [0, 0.05) is 31.9 Å². The lowest BCUT2D eigenvalue weighted by molar-refractivity contribution is 0.0547. The van der Waals surface area contributed by atoms with Gasteiger partial charge in [-0.2, -0.15) is 0 Å². The third-order valence-electron chi connectivity index (χ3n) is 7.05. The number of pyridine rings is 1. The van der Waals surface area contributed by atoms with Gasteiger partial charge in [0.05, 0.1) is 12.3 Å². The zero-order valence-corrected chi connectivity index (χ0v) is 20.6. The number of amides is 1. The Kier molecular flexibility index (Phi) is 8.97. The zero-order chi connectivity index (χ0) is 21.8. The number of rotatable bonds is 7. The van der Waals surface area contributed by atoms with Crippen molar-refractivity contribution in [1.82, 2.24) is 19.6 Å². The van der Waals surface area contributed by atoms with Crippen molar-refractivity contribution >= 4 is 24.0 Å². The number of ether oxygens (including phenoxy) is 1. The number of halogens is 1. The standard InChI is InChI=1S/C25H38N4O2.ClH/c1-4-31-17-20-8-7-12-28(15-20)16-21-9-5-6-10-22(21)27-25(30)24-19(3)26-23-14-18(2)11-13-29(23)24;/h11,13-14,20-22H,4-10,12,15-17H2,1-3H3,(H,27,30);1H/t20-,21-,22+;/m1./s1. The molecular weight excluding hydrogens is 424 g/mol. The van der Waals surface area contributed by atoms with E-state index in [4.69, 9.17) is 4.74 Å². The van der Waals surface area contributed by atoms with Crippen LogP contribution in [0.1, 0.15) is 67.2 Å². The summed E-state index contributed by atoms with van der Waals surface area (Å²) < 4.78 is 7.62. The maximum absolute atomic E-state index is 13.3. The van der Waals surface area contributed by atoms with Gasteiger partial charge in [-0.05, 0) is 82.5 Å². The van der Waals surface area contributed by atoms with E-state index in [9.17, 15) is 4.79 Å². The van der Waals surface area contributed by atoms with Gasteiger partial charge in [-0.15, -0.1) is 12.4 Å². The van der Waals surface area contributed by atoms with Crippen molar-refractivity contribution in [1.29, 1.82) is 0 Å². The summed E-state index contributed by atoms with van der Waals surface area (Å²) in [6.45, 7) is 11.1. The molecule has 32 heavy (non-hydrogen) atoms. The molecule has 1 aliphatic carbocycles. The molecular formula is C25H39ClN4O2. The van der Waals surface area contributed by atoms with E-state index in [1.165, 1.54) is 38.6 Å². The van der Waals surface area contributed by atoms with Crippen LogP contribution in [0, 0.1) is 25.7 Å². The van der Waals surface area contributed by atoms with E-state index in [0.29, 0.717) is 17.5 Å². The average Bonchev–Trinajstić information content (AvgIpc) is 3.08. The van der Waals surface area contributed by atoms with Crippen LogP contribution >= 0.6 is 12.4 Å². The van der Waals surface area contributed by atoms with Gasteiger partial charge in [-0.25, -0.2) is 4.98 Å². The first-order chi connectivity index (χ1) is 15.0. The zero-order valence-electron chi connectivity index (χ0n) is 19.8. The number of hydrogen-bond donors (Lipinski definition) is 1. The summed E-state index contributed by atoms with van der Waals surface area (Å²) in [5, 5.41) is 3.40. The van der Waals surface area contributed by atoms with E-state index in [-0.39, 0.29) is 24.4 Å². The third kappa shape index (κ3) is 5.83. The predicted molar refractivity (Wildman–Crippen MR) is 131 cm³/mol. The monoisotopic (exact) mass is 462 g/mol. The molecule has 0 unspecified atom stereocenters. The first kappa shape index (κ1) is 25.0. The van der Waals surface area contributed by atoms with Crippen LogP contribution in [0.2, 0.25) is 0 Å². The van der Waals surface area contributed by atoms with Crippen LogP contribution in [0.4, 0.5) is 0 Å². The number of imidazole rings is 1. The minimum absolute atomic E-state index is 0. The Labute approximate surface area is 198 Å². The molecule has 1 N–H and O–H groups in total. The second kappa shape index (κ2) is 11.5. The van der Waals surface area contributed by atoms with Crippen LogP contribution in [-0.4, -0.2) is 59.1 Å². The molecule has 2 aromatic rings. The molecule has 4 rings (SSSR count). The van der Waals surface area contributed by atoms with E-state index in [1.807, 2.05) is 29.7 Å². The molecule has 0 radical (unpaired) electrons. The number of nitrogens with one attached hydrogen (secondary N) is 1. The van der Waals surface area contributed by atoms with Crippen LogP contribution in [-0.2, 0) is 4.74 Å². The van der Waals surface area contributed by atoms with Crippen molar-refractivity contribution < 1.29 is 9.53 Å². The Morgan fingerprint density at radius 1 is 1.22 bits per heavy atom. The Balaban J connectivity index is 0.00000289. The first-order valence-corrected chi connectivity index (χ1v) is 12.1. The summed E-state index contributed by atoms with van der Waals surface area (Å²) in [4.78, 5) is 20.5. The van der Waals surface area contributed by atoms with Crippen molar-refractivity contribution in [3.63, 3.8) is 0 Å². The Bertz CT molecular complexity index is 899. The molecule has 1 aliphatic heterocycles. The first-order valence-electron chi connectivity index (χ1n) is 12.1. The van der Waals surface area contributed by atoms with Crippen LogP contribution in [0.3, 0.4) is 0 Å². The van der Waals surface area contributed by atoms with Gasteiger partial charge in [-0.3, -0.25) is 9.20 Å². The fourth-order valence-corrected chi connectivity index (χ4v) is 5.46. The van der Waals surface area contributed by atoms with Crippen molar-refractivity contribution in [2.75, 3.05) is 32.8 Å². The number of carbonyl (C=O) groups is 1. The lowest BCUT2D eigenvalue weighted by Crippen LogP contribution is -2.48. The molecule has 6 nitrogen and oxygen atoms in total. The maximum Gasteiger partial charge on any atom is 0.270 e. The third-order valence-corrected chi connectivity index (χ3v) is 7.05. The van der Waals surface area contributed by atoms with Gasteiger partial charge in [0.2, 0.25) is 0 Å². The molecule has 2 aromatic heterocycles. The summed E-state index contributed by atoms with van der Waals surface area (Å²) in [5.41, 5.74) is 3.47. The molecule has 1 amide bonds. The van der Waals surface area contributed by atoms with Gasteiger partial charge in [-0.1, -0.05) is 12.8 Å². The summed E-state index contributed by atoms with van der Waals surface area (Å²) in [6, 6.07) is 4.30. The molecule has 2 aliphatic rings. The number of piperidine rings is 1. The highest BCUT2D eigenvalue weighted by Gasteiger charge is 2.31. The number of nitrogens with zero attached hydrogens (tertiary/aromatic N) is 3. The Morgan fingerprint density at radius 3 is 2.84 bits per heavy atom. The lowest BCUT2D eigenvalue weighted by Gasteiger charge is -2.39. The van der Waals surface area contributed by atoms with Gasteiger partial charge in [0.1, 0.15) is 11.3 Å². The van der Waals surface area contributed by atoms with Gasteiger partial charge >= 0.3 is 0 Å². The van der Waals surface area contributed by atoms with Crippen LogP contribution < -0.4 is 5.32 Å². The molecule has 7 heteroatoms. The normalized spacial score (nSPS) is 24.3. The van der Waals surface area contributed by atoms with Crippen molar-refractivity contribution in [2.45, 2.75) is 65.3 Å². The predicted octanol–water partition coefficient (Wildman–Crippen LogP) is 4.41. The number of hydrogen-bond acceptors (Lipinski definition) is 4. The average molecular weight is 463 g/mol. The molecule has 3 heterocycles. The SMILES string of the molecule is CCOC[C@@H]1CCCN(C[C@H]2CCCC[C@@H]2NC(=O)c2c(C)nc3cc(C)ccn23)C1.Cl. The van der Waals surface area contributed by atoms with Crippen LogP contribution in [0.5, 0.6) is 0 Å². The van der Waals surface area contributed by atoms with Crippen molar-refractivity contribution in [2.24, 2.45) is 11.8 Å². The quantitative estimate of drug-likeness (QED) is 0.662. The minimum atomic E-state index is 0. The Morgan fingerprint density at radius 2 is 2.03 bits per heavy atom. The summed E-state index contributed by atoms with van der Waals surface area (Å²) >= 11 is 0. The Hall–Kier alpha value is -1.63. The fourth-order valence-electron chi connectivity index (χ4n) is 5.46. The van der Waals surface area contributed by atoms with Crippen LogP contribution in [0.25, 0.3) is 5.65 Å². The molecule has 1 saturated heterocycles. The second-order valence-electron chi connectivity index (χ2n) is 9.53. The van der Waals surface area contributed by atoms with Gasteiger partial charge in [0.25, 0.3) is 5.91 Å². The maximum atomic E-state index is 13.3. The molecule has 3 atom stereocenters. The molecule has 0 bridgehead atoms. The van der Waals surface area contributed by atoms with E-state index >= 15 is 0 Å². The largest absolute Gasteiger partial charge is 0.381 e. The minimum Gasteiger partial charge on any atom is -0.381 e. The lowest BCUT2D eigenvalue weighted by atomic mass is 9.83. The van der Waals surface area contributed by atoms with E-state index in [1.54, 1.807) is 0 Å². The number of likely N-dealkylation sites (tertiary alicyclic amines) is 1. The van der Waals surface area contributed by atoms with E-state index in [0.717, 1.165) is 49.6 Å². The highest BCUT2D eigenvalue weighted by Crippen LogP contribution is 2.28. The highest BCUT2D eigenvalue weighted by molar-refractivity contribution is 5.94. The molecule has 1 saturated carbocycles. The molecule has 0 aromatic carbocycles. The number of fused-ring (bicyclic) bond motifs is 1. The summed E-state index contributed by atoms with van der Waals surface area (Å²) in [6.07, 6.45) is 9.21. The molecule has 178 valence electrons. The second-order valence-corrected chi connectivity index (χ2v) is 9.53. The fraction of sp³-hybridized carbons (Fsp3) is 0.680. The van der Waals surface area contributed by atoms with Gasteiger partial charge < -0.3 is 15.0 Å². The van der Waals surface area contributed by atoms with Crippen LogP contribution in [0.15, 0.2) is 18.3 Å². The molecule has 0 spiro atoms. The van der Waals surface area contributed by atoms with Crippen molar-refractivity contribution in [3.05, 3.63) is 35.3 Å². The summed E-state index contributed by atoms with van der Waals surface area (Å²) in [7, 11) is 0. The molecule has 2 fully saturated rings. The number of aryl methyl sites for hydroxylation is 2. The topological polar surface area (TPSA) is 58.9 Å². The highest BCUT2D eigenvalue weighted by atomic mass is 35.5. The summed E-state index contributed by atoms with van der Waals surface area (Å²) in [5.74, 6) is 1.18. The number of aromatic nitrogens is 2. The smallest absolute Gasteiger partial charge is 0.270 e. The van der Waals surface area contributed by atoms with E-state index < -0.39 is 0 Å². The van der Waals surface area contributed by atoms with Crippen molar-refractivity contribution in [3.8, 4) is 0 Å². The number of carbonyl (C=O) groups excluding carboxylic acids is 1.